The molecule has 0 aliphatic carbocycles. The summed E-state index contributed by atoms with van der Waals surface area (Å²) < 4.78 is 6.89. The molecular formula is C50H29N5. The van der Waals surface area contributed by atoms with E-state index in [4.69, 9.17) is 0 Å². The second kappa shape index (κ2) is 11.8. The van der Waals surface area contributed by atoms with Gasteiger partial charge in [-0.25, -0.2) is 0 Å². The summed E-state index contributed by atoms with van der Waals surface area (Å²) in [6.07, 6.45) is 0. The van der Waals surface area contributed by atoms with Gasteiger partial charge in [-0.3, -0.25) is 0 Å². The Morgan fingerprint density at radius 2 is 0.836 bits per heavy atom. The summed E-state index contributed by atoms with van der Waals surface area (Å²) in [5.41, 5.74) is 12.2. The Bertz CT molecular complexity index is 3420. The zero-order valence-electron chi connectivity index (χ0n) is 29.5. The monoisotopic (exact) mass is 699 g/mol. The largest absolute Gasteiger partial charge is 0.309 e. The van der Waals surface area contributed by atoms with Crippen molar-refractivity contribution in [2.45, 2.75) is 0 Å². The first-order valence-electron chi connectivity index (χ1n) is 18.3. The summed E-state index contributed by atoms with van der Waals surface area (Å²) in [5.74, 6) is 0. The predicted molar refractivity (Wildman–Crippen MR) is 224 cm³/mol. The maximum Gasteiger partial charge on any atom is 0.101 e. The van der Waals surface area contributed by atoms with E-state index in [2.05, 4.69) is 171 Å². The SMILES string of the molecule is N#Cc1ccc2c3ccccc3n(-c3ccccc3-c3cccc(C#N)c3-n3c4ccccc4c4ccc(-n5c6ccccc6c6ccccc65)cc43)c2c1. The van der Waals surface area contributed by atoms with Gasteiger partial charge in [-0.05, 0) is 60.7 Å². The van der Waals surface area contributed by atoms with Crippen LogP contribution in [0, 0.1) is 22.7 Å². The highest BCUT2D eigenvalue weighted by atomic mass is 15.0. The van der Waals surface area contributed by atoms with Gasteiger partial charge in [-0.1, -0.05) is 115 Å². The molecule has 55 heavy (non-hydrogen) atoms. The average Bonchev–Trinajstić information content (AvgIpc) is 3.88. The summed E-state index contributed by atoms with van der Waals surface area (Å²) in [6.45, 7) is 0. The van der Waals surface area contributed by atoms with Crippen LogP contribution < -0.4 is 0 Å². The molecule has 0 spiro atoms. The number of benzene rings is 8. The maximum atomic E-state index is 10.9. The average molecular weight is 700 g/mol. The lowest BCUT2D eigenvalue weighted by Gasteiger charge is -2.19. The van der Waals surface area contributed by atoms with Crippen molar-refractivity contribution in [3.8, 4) is 40.3 Å². The third-order valence-corrected chi connectivity index (χ3v) is 11.1. The van der Waals surface area contributed by atoms with E-state index in [0.717, 1.165) is 82.8 Å². The Balaban J connectivity index is 1.23. The van der Waals surface area contributed by atoms with Crippen LogP contribution in [0.5, 0.6) is 0 Å². The molecule has 0 radical (unpaired) electrons. The van der Waals surface area contributed by atoms with Gasteiger partial charge < -0.3 is 13.7 Å². The molecule has 0 fully saturated rings. The molecule has 254 valence electrons. The van der Waals surface area contributed by atoms with Crippen LogP contribution in [0.3, 0.4) is 0 Å². The highest BCUT2D eigenvalue weighted by molar-refractivity contribution is 6.13. The van der Waals surface area contributed by atoms with Crippen LogP contribution in [0.2, 0.25) is 0 Å². The van der Waals surface area contributed by atoms with Crippen LogP contribution >= 0.6 is 0 Å². The first-order valence-corrected chi connectivity index (χ1v) is 18.3. The van der Waals surface area contributed by atoms with Gasteiger partial charge in [0.1, 0.15) is 6.07 Å². The van der Waals surface area contributed by atoms with Crippen molar-refractivity contribution in [3.05, 3.63) is 187 Å². The third-order valence-electron chi connectivity index (χ3n) is 11.1. The molecule has 0 aliphatic heterocycles. The molecule has 0 atom stereocenters. The quantitative estimate of drug-likeness (QED) is 0.184. The lowest BCUT2D eigenvalue weighted by Crippen LogP contribution is -2.04. The smallest absolute Gasteiger partial charge is 0.101 e. The van der Waals surface area contributed by atoms with Gasteiger partial charge in [-0.2, -0.15) is 10.5 Å². The second-order valence-electron chi connectivity index (χ2n) is 14.0. The van der Waals surface area contributed by atoms with E-state index in [9.17, 15) is 10.5 Å². The van der Waals surface area contributed by atoms with Gasteiger partial charge >= 0.3 is 0 Å². The Labute approximate surface area is 316 Å². The first-order chi connectivity index (χ1) is 27.2. The number of nitriles is 2. The minimum absolute atomic E-state index is 0.575. The number of rotatable bonds is 4. The molecule has 0 unspecified atom stereocenters. The third kappa shape index (κ3) is 4.39. The number of para-hydroxylation sites is 6. The number of nitrogens with zero attached hydrogens (tertiary/aromatic N) is 5. The highest BCUT2D eigenvalue weighted by Crippen LogP contribution is 2.43. The van der Waals surface area contributed by atoms with Gasteiger partial charge in [0.15, 0.2) is 0 Å². The summed E-state index contributed by atoms with van der Waals surface area (Å²) in [6, 6.07) is 65.9. The first kappa shape index (κ1) is 30.7. The summed E-state index contributed by atoms with van der Waals surface area (Å²) in [5, 5.41) is 27.6. The fourth-order valence-electron chi connectivity index (χ4n) is 8.83. The Hall–Kier alpha value is -7.86. The molecule has 3 heterocycles. The van der Waals surface area contributed by atoms with Crippen LogP contribution in [0.25, 0.3) is 93.6 Å². The minimum atomic E-state index is 0.575. The van der Waals surface area contributed by atoms with Crippen molar-refractivity contribution in [2.75, 3.05) is 0 Å². The van der Waals surface area contributed by atoms with Crippen molar-refractivity contribution in [1.29, 1.82) is 10.5 Å². The van der Waals surface area contributed by atoms with E-state index < -0.39 is 0 Å². The van der Waals surface area contributed by atoms with E-state index in [1.54, 1.807) is 0 Å². The molecule has 5 nitrogen and oxygen atoms in total. The highest BCUT2D eigenvalue weighted by Gasteiger charge is 2.23. The molecule has 11 rings (SSSR count). The lowest BCUT2D eigenvalue weighted by atomic mass is 9.98. The molecule has 0 amide bonds. The lowest BCUT2D eigenvalue weighted by molar-refractivity contribution is 1.14. The van der Waals surface area contributed by atoms with Gasteiger partial charge in [-0.15, -0.1) is 0 Å². The van der Waals surface area contributed by atoms with Crippen LogP contribution in [0.15, 0.2) is 176 Å². The zero-order chi connectivity index (χ0) is 36.6. The van der Waals surface area contributed by atoms with Gasteiger partial charge in [0.25, 0.3) is 0 Å². The molecule has 0 saturated heterocycles. The fourth-order valence-corrected chi connectivity index (χ4v) is 8.83. The van der Waals surface area contributed by atoms with E-state index in [1.165, 1.54) is 10.8 Å². The van der Waals surface area contributed by atoms with Crippen molar-refractivity contribution in [2.24, 2.45) is 0 Å². The minimum Gasteiger partial charge on any atom is -0.309 e. The van der Waals surface area contributed by atoms with Gasteiger partial charge in [0.2, 0.25) is 0 Å². The summed E-state index contributed by atoms with van der Waals surface area (Å²) in [4.78, 5) is 0. The second-order valence-corrected chi connectivity index (χ2v) is 14.0. The van der Waals surface area contributed by atoms with E-state index in [0.29, 0.717) is 11.1 Å². The molecule has 3 aromatic heterocycles. The number of aromatic nitrogens is 3. The number of hydrogen-bond donors (Lipinski definition) is 0. The number of fused-ring (bicyclic) bond motifs is 9. The van der Waals surface area contributed by atoms with E-state index in [-0.39, 0.29) is 0 Å². The van der Waals surface area contributed by atoms with Crippen molar-refractivity contribution >= 4 is 65.4 Å². The normalized spacial score (nSPS) is 11.6. The Morgan fingerprint density at radius 3 is 1.45 bits per heavy atom. The van der Waals surface area contributed by atoms with Crippen LogP contribution in [-0.4, -0.2) is 13.7 Å². The standard InChI is InChI=1S/C50H29N5/c51-30-32-24-26-40-37-15-3-8-21-45(37)54(48(40)28-32)46-22-9-5-17-39(46)42-18-11-12-33(31-52)50(42)55-47-23-10-4-16-38(47)41-27-25-34(29-49(41)55)53-43-19-6-1-13-35(43)36-14-2-7-20-44(36)53/h1-29H. The van der Waals surface area contributed by atoms with Gasteiger partial charge in [0.05, 0.1) is 61.7 Å². The Morgan fingerprint density at radius 1 is 0.345 bits per heavy atom. The van der Waals surface area contributed by atoms with Crippen molar-refractivity contribution < 1.29 is 0 Å². The predicted octanol–water partition coefficient (Wildman–Crippen LogP) is 12.4. The summed E-state index contributed by atoms with van der Waals surface area (Å²) in [7, 11) is 0. The molecule has 0 N–H and O–H groups in total. The van der Waals surface area contributed by atoms with Crippen LogP contribution in [-0.2, 0) is 0 Å². The van der Waals surface area contributed by atoms with Crippen molar-refractivity contribution in [1.82, 2.24) is 13.7 Å². The Kier molecular flexibility index (Phi) is 6.61. The molecule has 5 heteroatoms. The molecule has 0 aliphatic rings. The number of hydrogen-bond acceptors (Lipinski definition) is 2. The molecule has 11 aromatic rings. The maximum absolute atomic E-state index is 10.9. The summed E-state index contributed by atoms with van der Waals surface area (Å²) >= 11 is 0. The van der Waals surface area contributed by atoms with Crippen LogP contribution in [0.4, 0.5) is 0 Å². The molecule has 0 bridgehead atoms. The van der Waals surface area contributed by atoms with Gasteiger partial charge in [0, 0.05) is 49.1 Å². The van der Waals surface area contributed by atoms with Crippen molar-refractivity contribution in [3.63, 3.8) is 0 Å². The zero-order valence-corrected chi connectivity index (χ0v) is 29.5. The molecule has 0 saturated carbocycles. The van der Waals surface area contributed by atoms with E-state index in [1.807, 2.05) is 30.3 Å². The fraction of sp³-hybridized carbons (Fsp3) is 0. The van der Waals surface area contributed by atoms with E-state index >= 15 is 0 Å². The van der Waals surface area contributed by atoms with Crippen LogP contribution in [0.1, 0.15) is 11.1 Å². The molecular weight excluding hydrogens is 671 g/mol. The topological polar surface area (TPSA) is 62.4 Å². The molecule has 8 aromatic carbocycles.